The van der Waals surface area contributed by atoms with Gasteiger partial charge in [-0.25, -0.2) is 4.68 Å². The zero-order valence-corrected chi connectivity index (χ0v) is 16.3. The predicted molar refractivity (Wildman–Crippen MR) is 105 cm³/mol. The highest BCUT2D eigenvalue weighted by Crippen LogP contribution is 2.23. The molecule has 2 fully saturated rings. The largest absolute Gasteiger partial charge is 0.348 e. The van der Waals surface area contributed by atoms with Crippen molar-refractivity contribution in [2.24, 2.45) is 0 Å². The maximum atomic E-state index is 12.5. The molecule has 152 valence electrons. The fourth-order valence-electron chi connectivity index (χ4n) is 4.08. The van der Waals surface area contributed by atoms with Crippen LogP contribution in [0, 0.1) is 0 Å². The Bertz CT molecular complexity index is 881. The van der Waals surface area contributed by atoms with Crippen LogP contribution in [0.25, 0.3) is 0 Å². The number of amides is 2. The van der Waals surface area contributed by atoms with Gasteiger partial charge in [-0.3, -0.25) is 14.4 Å². The Kier molecular flexibility index (Phi) is 5.69. The second-order valence-corrected chi connectivity index (χ2v) is 7.76. The van der Waals surface area contributed by atoms with Crippen molar-refractivity contribution in [2.75, 3.05) is 13.1 Å². The van der Waals surface area contributed by atoms with E-state index in [2.05, 4.69) is 15.6 Å². The number of rotatable bonds is 5. The first kappa shape index (κ1) is 19.3. The standard InChI is InChI=1S/C21H25N5O3/c27-19(15-6-2-1-3-7-15)21(29)25-12-10-17(11-13-25)26-14-18(23-24-26)20(28)22-16-8-4-5-9-16/h1-3,6-7,14,16-17H,4-5,8-13H2,(H,22,28). The third kappa shape index (κ3) is 4.36. The molecule has 29 heavy (non-hydrogen) atoms. The molecule has 4 rings (SSSR count). The number of aromatic nitrogens is 3. The van der Waals surface area contributed by atoms with E-state index < -0.39 is 11.7 Å². The van der Waals surface area contributed by atoms with Crippen molar-refractivity contribution < 1.29 is 14.4 Å². The van der Waals surface area contributed by atoms with Crippen molar-refractivity contribution in [2.45, 2.75) is 50.6 Å². The Labute approximate surface area is 169 Å². The highest BCUT2D eigenvalue weighted by Gasteiger charge is 2.29. The Morgan fingerprint density at radius 1 is 0.966 bits per heavy atom. The Morgan fingerprint density at radius 3 is 2.34 bits per heavy atom. The highest BCUT2D eigenvalue weighted by molar-refractivity contribution is 6.42. The van der Waals surface area contributed by atoms with E-state index in [1.54, 1.807) is 40.0 Å². The summed E-state index contributed by atoms with van der Waals surface area (Å²) >= 11 is 0. The summed E-state index contributed by atoms with van der Waals surface area (Å²) in [5, 5.41) is 11.2. The van der Waals surface area contributed by atoms with Crippen molar-refractivity contribution in [3.63, 3.8) is 0 Å². The summed E-state index contributed by atoms with van der Waals surface area (Å²) in [5.74, 6) is -1.12. The van der Waals surface area contributed by atoms with Gasteiger partial charge in [0.1, 0.15) is 0 Å². The summed E-state index contributed by atoms with van der Waals surface area (Å²) in [4.78, 5) is 38.8. The van der Waals surface area contributed by atoms with E-state index in [9.17, 15) is 14.4 Å². The normalized spacial score (nSPS) is 18.0. The van der Waals surface area contributed by atoms with Gasteiger partial charge in [0, 0.05) is 24.7 Å². The number of hydrogen-bond acceptors (Lipinski definition) is 5. The van der Waals surface area contributed by atoms with Crippen LogP contribution in [-0.4, -0.2) is 56.6 Å². The van der Waals surface area contributed by atoms with E-state index in [0.29, 0.717) is 37.2 Å². The lowest BCUT2D eigenvalue weighted by Crippen LogP contribution is -2.42. The summed E-state index contributed by atoms with van der Waals surface area (Å²) in [6.07, 6.45) is 7.37. The lowest BCUT2D eigenvalue weighted by molar-refractivity contribution is -0.127. The summed E-state index contributed by atoms with van der Waals surface area (Å²) in [7, 11) is 0. The molecule has 8 heteroatoms. The van der Waals surface area contributed by atoms with E-state index in [1.807, 2.05) is 6.07 Å². The van der Waals surface area contributed by atoms with Crippen LogP contribution >= 0.6 is 0 Å². The van der Waals surface area contributed by atoms with Crippen LogP contribution in [0.2, 0.25) is 0 Å². The molecule has 0 atom stereocenters. The molecule has 2 aliphatic rings. The maximum Gasteiger partial charge on any atom is 0.294 e. The molecule has 0 bridgehead atoms. The van der Waals surface area contributed by atoms with Gasteiger partial charge < -0.3 is 10.2 Å². The molecule has 1 aromatic heterocycles. The number of nitrogens with zero attached hydrogens (tertiary/aromatic N) is 4. The topological polar surface area (TPSA) is 97.2 Å². The van der Waals surface area contributed by atoms with Crippen LogP contribution in [0.1, 0.15) is 65.4 Å². The Hall–Kier alpha value is -3.03. The molecule has 0 spiro atoms. The van der Waals surface area contributed by atoms with Gasteiger partial charge in [-0.15, -0.1) is 5.10 Å². The number of benzene rings is 1. The number of ketones is 1. The molecule has 1 saturated carbocycles. The van der Waals surface area contributed by atoms with Crippen LogP contribution in [0.4, 0.5) is 0 Å². The van der Waals surface area contributed by atoms with Crippen molar-refractivity contribution in [1.82, 2.24) is 25.2 Å². The smallest absolute Gasteiger partial charge is 0.294 e. The predicted octanol–water partition coefficient (Wildman–Crippen LogP) is 2.00. The van der Waals surface area contributed by atoms with Gasteiger partial charge in [0.05, 0.1) is 12.2 Å². The van der Waals surface area contributed by atoms with E-state index in [0.717, 1.165) is 25.7 Å². The van der Waals surface area contributed by atoms with Crippen molar-refractivity contribution in [3.8, 4) is 0 Å². The number of hydrogen-bond donors (Lipinski definition) is 1. The molecule has 1 N–H and O–H groups in total. The van der Waals surface area contributed by atoms with E-state index in [1.165, 1.54) is 0 Å². The van der Waals surface area contributed by atoms with E-state index in [-0.39, 0.29) is 18.0 Å². The van der Waals surface area contributed by atoms with Crippen molar-refractivity contribution >= 4 is 17.6 Å². The molecule has 0 radical (unpaired) electrons. The molecule has 8 nitrogen and oxygen atoms in total. The quantitative estimate of drug-likeness (QED) is 0.617. The van der Waals surface area contributed by atoms with Crippen molar-refractivity contribution in [1.29, 1.82) is 0 Å². The van der Waals surface area contributed by atoms with Crippen LogP contribution in [-0.2, 0) is 4.79 Å². The summed E-state index contributed by atoms with van der Waals surface area (Å²) < 4.78 is 1.71. The average Bonchev–Trinajstić information content (AvgIpc) is 3.46. The number of carbonyl (C=O) groups is 3. The Morgan fingerprint density at radius 2 is 1.66 bits per heavy atom. The van der Waals surface area contributed by atoms with Crippen LogP contribution in [0.15, 0.2) is 36.5 Å². The first-order valence-electron chi connectivity index (χ1n) is 10.2. The molecule has 0 unspecified atom stereocenters. The summed E-state index contributed by atoms with van der Waals surface area (Å²) in [6.45, 7) is 0.955. The molecule has 2 aromatic rings. The lowest BCUT2D eigenvalue weighted by atomic mass is 10.0. The molecule has 2 amide bonds. The van der Waals surface area contributed by atoms with Gasteiger partial charge in [-0.1, -0.05) is 48.4 Å². The summed E-state index contributed by atoms with van der Waals surface area (Å²) in [5.41, 5.74) is 0.739. The number of piperidine rings is 1. The zero-order valence-electron chi connectivity index (χ0n) is 16.3. The number of carbonyl (C=O) groups excluding carboxylic acids is 3. The van der Waals surface area contributed by atoms with Gasteiger partial charge in [0.2, 0.25) is 5.78 Å². The molecule has 1 aromatic carbocycles. The highest BCUT2D eigenvalue weighted by atomic mass is 16.2. The molecular weight excluding hydrogens is 370 g/mol. The minimum atomic E-state index is -0.476. The average molecular weight is 395 g/mol. The fourth-order valence-corrected chi connectivity index (χ4v) is 4.08. The van der Waals surface area contributed by atoms with Gasteiger partial charge in [0.25, 0.3) is 11.8 Å². The summed E-state index contributed by atoms with van der Waals surface area (Å²) in [6, 6.07) is 8.92. The van der Waals surface area contributed by atoms with E-state index in [4.69, 9.17) is 0 Å². The molecule has 2 heterocycles. The van der Waals surface area contributed by atoms with Crippen LogP contribution in [0.3, 0.4) is 0 Å². The molecule has 1 saturated heterocycles. The minimum Gasteiger partial charge on any atom is -0.348 e. The maximum absolute atomic E-state index is 12.5. The third-order valence-corrected chi connectivity index (χ3v) is 5.79. The molecular formula is C21H25N5O3. The first-order valence-corrected chi connectivity index (χ1v) is 10.2. The van der Waals surface area contributed by atoms with Crippen LogP contribution < -0.4 is 5.32 Å². The Balaban J connectivity index is 1.31. The monoisotopic (exact) mass is 395 g/mol. The van der Waals surface area contributed by atoms with Gasteiger partial charge >= 0.3 is 0 Å². The van der Waals surface area contributed by atoms with E-state index >= 15 is 0 Å². The lowest BCUT2D eigenvalue weighted by Gasteiger charge is -2.31. The fraction of sp³-hybridized carbons (Fsp3) is 0.476. The third-order valence-electron chi connectivity index (χ3n) is 5.79. The zero-order chi connectivity index (χ0) is 20.2. The first-order chi connectivity index (χ1) is 14.1. The second-order valence-electron chi connectivity index (χ2n) is 7.76. The number of nitrogens with one attached hydrogen (secondary N) is 1. The van der Waals surface area contributed by atoms with Gasteiger partial charge in [-0.05, 0) is 25.7 Å². The number of likely N-dealkylation sites (tertiary alicyclic amines) is 1. The van der Waals surface area contributed by atoms with Gasteiger partial charge in [-0.2, -0.15) is 0 Å². The van der Waals surface area contributed by atoms with Gasteiger partial charge in [0.15, 0.2) is 5.69 Å². The molecule has 1 aliphatic heterocycles. The number of Topliss-reactive ketones (excluding diaryl/α,β-unsaturated/α-hetero) is 1. The van der Waals surface area contributed by atoms with Crippen LogP contribution in [0.5, 0.6) is 0 Å². The minimum absolute atomic E-state index is 0.0615. The molecule has 1 aliphatic carbocycles. The second kappa shape index (κ2) is 8.55. The SMILES string of the molecule is O=C(C(=O)N1CCC(n2cc(C(=O)NC3CCCC3)nn2)CC1)c1ccccc1. The van der Waals surface area contributed by atoms with Crippen molar-refractivity contribution in [3.05, 3.63) is 47.8 Å².